The summed E-state index contributed by atoms with van der Waals surface area (Å²) in [6.45, 7) is 2.65. The summed E-state index contributed by atoms with van der Waals surface area (Å²) in [5.74, 6) is 0. The zero-order valence-corrected chi connectivity index (χ0v) is 7.45. The van der Waals surface area contributed by atoms with Gasteiger partial charge in [0.05, 0.1) is 12.0 Å². The Balaban J connectivity index is 2.80. The lowest BCUT2D eigenvalue weighted by molar-refractivity contribution is 0.113. The van der Waals surface area contributed by atoms with Gasteiger partial charge in [-0.3, -0.25) is 0 Å². The van der Waals surface area contributed by atoms with Crippen molar-refractivity contribution in [2.75, 3.05) is 0 Å². The quantitative estimate of drug-likeness (QED) is 0.781. The van der Waals surface area contributed by atoms with E-state index in [0.717, 1.165) is 6.42 Å². The lowest BCUT2D eigenvalue weighted by atomic mass is 10.2. The van der Waals surface area contributed by atoms with Gasteiger partial charge in [-0.1, -0.05) is 6.92 Å². The molecule has 74 valence electrons. The van der Waals surface area contributed by atoms with E-state index in [1.54, 1.807) is 4.57 Å². The van der Waals surface area contributed by atoms with Crippen LogP contribution in [-0.4, -0.2) is 16.0 Å². The fourth-order valence-electron chi connectivity index (χ4n) is 1.17. The molecule has 3 nitrogen and oxygen atoms in total. The van der Waals surface area contributed by atoms with Crippen LogP contribution < -0.4 is 5.73 Å². The average Bonchev–Trinajstić information content (AvgIpc) is 2.52. The Labute approximate surface area is 75.6 Å². The van der Waals surface area contributed by atoms with Crippen molar-refractivity contribution in [1.82, 2.24) is 9.55 Å². The summed E-state index contributed by atoms with van der Waals surface area (Å²) in [4.78, 5) is 3.79. The van der Waals surface area contributed by atoms with Crippen LogP contribution >= 0.6 is 0 Å². The number of nitrogens with zero attached hydrogens (tertiary/aromatic N) is 2. The molecule has 1 rings (SSSR count). The standard InChI is InChI=1S/C8H13F2N3/c1-2-3-13-5-12-4-6(13)7(11)8(9)10/h4-5,7-8H,2-3,11H2,1H3. The molecule has 0 aliphatic carbocycles. The number of hydrogen-bond acceptors (Lipinski definition) is 2. The van der Waals surface area contributed by atoms with Gasteiger partial charge in [-0.2, -0.15) is 0 Å². The Kier molecular flexibility index (Phi) is 3.36. The van der Waals surface area contributed by atoms with E-state index in [9.17, 15) is 8.78 Å². The Hall–Kier alpha value is -0.970. The van der Waals surface area contributed by atoms with Crippen LogP contribution in [0, 0.1) is 0 Å². The molecule has 0 saturated heterocycles. The van der Waals surface area contributed by atoms with Crippen LogP contribution in [0.2, 0.25) is 0 Å². The van der Waals surface area contributed by atoms with Crippen LogP contribution in [0.4, 0.5) is 8.78 Å². The molecule has 0 spiro atoms. The highest BCUT2D eigenvalue weighted by molar-refractivity contribution is 5.05. The van der Waals surface area contributed by atoms with E-state index in [0.29, 0.717) is 12.2 Å². The fourth-order valence-corrected chi connectivity index (χ4v) is 1.17. The number of hydrogen-bond donors (Lipinski definition) is 1. The number of nitrogens with two attached hydrogens (primary N) is 1. The summed E-state index contributed by atoms with van der Waals surface area (Å²) in [5.41, 5.74) is 5.70. The van der Waals surface area contributed by atoms with Crippen molar-refractivity contribution in [3.63, 3.8) is 0 Å². The van der Waals surface area contributed by atoms with Crippen LogP contribution in [0.5, 0.6) is 0 Å². The summed E-state index contributed by atoms with van der Waals surface area (Å²) in [5, 5.41) is 0. The third-order valence-electron chi connectivity index (χ3n) is 1.82. The van der Waals surface area contributed by atoms with E-state index >= 15 is 0 Å². The third kappa shape index (κ3) is 2.24. The normalized spacial score (nSPS) is 13.6. The Morgan fingerprint density at radius 3 is 2.85 bits per heavy atom. The Morgan fingerprint density at radius 1 is 1.62 bits per heavy atom. The van der Waals surface area contributed by atoms with Crippen LogP contribution in [0.25, 0.3) is 0 Å². The topological polar surface area (TPSA) is 43.8 Å². The molecule has 0 amide bonds. The van der Waals surface area contributed by atoms with Gasteiger partial charge in [0.1, 0.15) is 6.04 Å². The van der Waals surface area contributed by atoms with Gasteiger partial charge in [-0.25, -0.2) is 13.8 Å². The first-order valence-electron chi connectivity index (χ1n) is 4.20. The summed E-state index contributed by atoms with van der Waals surface area (Å²) in [6.07, 6.45) is 1.26. The van der Waals surface area contributed by atoms with Crippen molar-refractivity contribution >= 4 is 0 Å². The maximum atomic E-state index is 12.2. The molecule has 0 aromatic carbocycles. The lowest BCUT2D eigenvalue weighted by Gasteiger charge is -2.12. The van der Waals surface area contributed by atoms with E-state index in [1.807, 2.05) is 6.92 Å². The smallest absolute Gasteiger partial charge is 0.259 e. The molecule has 5 heteroatoms. The predicted octanol–water partition coefficient (Wildman–Crippen LogP) is 1.56. The molecule has 0 aliphatic rings. The molecule has 0 saturated carbocycles. The highest BCUT2D eigenvalue weighted by Crippen LogP contribution is 2.17. The molecule has 1 unspecified atom stereocenters. The van der Waals surface area contributed by atoms with Crippen molar-refractivity contribution in [2.24, 2.45) is 5.73 Å². The molecule has 13 heavy (non-hydrogen) atoms. The van der Waals surface area contributed by atoms with Gasteiger partial charge in [0.2, 0.25) is 0 Å². The summed E-state index contributed by atoms with van der Waals surface area (Å²) < 4.78 is 26.2. The van der Waals surface area contributed by atoms with E-state index in [1.165, 1.54) is 12.5 Å². The molecule has 0 fully saturated rings. The number of imidazole rings is 1. The van der Waals surface area contributed by atoms with Gasteiger partial charge in [-0.15, -0.1) is 0 Å². The first-order chi connectivity index (χ1) is 6.16. The largest absolute Gasteiger partial charge is 0.333 e. The second-order valence-electron chi connectivity index (χ2n) is 2.87. The minimum atomic E-state index is -2.53. The van der Waals surface area contributed by atoms with Crippen molar-refractivity contribution < 1.29 is 8.78 Å². The van der Waals surface area contributed by atoms with Crippen LogP contribution in [0.15, 0.2) is 12.5 Å². The molecule has 2 N–H and O–H groups in total. The Bertz CT molecular complexity index is 260. The number of halogens is 2. The maximum absolute atomic E-state index is 12.2. The third-order valence-corrected chi connectivity index (χ3v) is 1.82. The van der Waals surface area contributed by atoms with Crippen LogP contribution in [-0.2, 0) is 6.54 Å². The van der Waals surface area contributed by atoms with E-state index in [2.05, 4.69) is 4.98 Å². The van der Waals surface area contributed by atoms with Crippen LogP contribution in [0.1, 0.15) is 25.1 Å². The number of alkyl halides is 2. The van der Waals surface area contributed by atoms with Crippen molar-refractivity contribution in [2.45, 2.75) is 32.4 Å². The minimum absolute atomic E-state index is 0.400. The van der Waals surface area contributed by atoms with Crippen LogP contribution in [0.3, 0.4) is 0 Å². The zero-order valence-electron chi connectivity index (χ0n) is 7.45. The molecule has 1 aromatic rings. The molecule has 1 heterocycles. The SMILES string of the molecule is CCCn1cncc1C(N)C(F)F. The summed E-state index contributed by atoms with van der Waals surface area (Å²) in [6, 6.07) is -1.23. The van der Waals surface area contributed by atoms with Crippen molar-refractivity contribution in [3.8, 4) is 0 Å². The molecule has 0 aliphatic heterocycles. The summed E-state index contributed by atoms with van der Waals surface area (Å²) in [7, 11) is 0. The second kappa shape index (κ2) is 4.32. The van der Waals surface area contributed by atoms with Gasteiger partial charge in [-0.05, 0) is 6.42 Å². The molecular weight excluding hydrogens is 176 g/mol. The molecule has 0 bridgehead atoms. The number of rotatable bonds is 4. The minimum Gasteiger partial charge on any atom is -0.333 e. The van der Waals surface area contributed by atoms with Crippen molar-refractivity contribution in [3.05, 3.63) is 18.2 Å². The lowest BCUT2D eigenvalue weighted by Crippen LogP contribution is -2.22. The van der Waals surface area contributed by atoms with Gasteiger partial charge in [0.15, 0.2) is 0 Å². The second-order valence-corrected chi connectivity index (χ2v) is 2.87. The summed E-state index contributed by atoms with van der Waals surface area (Å²) >= 11 is 0. The highest BCUT2D eigenvalue weighted by Gasteiger charge is 2.20. The number of aryl methyl sites for hydroxylation is 1. The predicted molar refractivity (Wildman–Crippen MR) is 45.5 cm³/mol. The first-order valence-corrected chi connectivity index (χ1v) is 4.20. The van der Waals surface area contributed by atoms with Gasteiger partial charge in [0, 0.05) is 12.7 Å². The Morgan fingerprint density at radius 2 is 2.31 bits per heavy atom. The molecule has 0 radical (unpaired) electrons. The van der Waals surface area contributed by atoms with E-state index < -0.39 is 12.5 Å². The average molecular weight is 189 g/mol. The maximum Gasteiger partial charge on any atom is 0.259 e. The number of aromatic nitrogens is 2. The van der Waals surface area contributed by atoms with Gasteiger partial charge in [0.25, 0.3) is 6.43 Å². The highest BCUT2D eigenvalue weighted by atomic mass is 19.3. The molecule has 1 aromatic heterocycles. The van der Waals surface area contributed by atoms with Crippen molar-refractivity contribution in [1.29, 1.82) is 0 Å². The zero-order chi connectivity index (χ0) is 9.84. The fraction of sp³-hybridized carbons (Fsp3) is 0.625. The van der Waals surface area contributed by atoms with E-state index in [4.69, 9.17) is 5.73 Å². The first kappa shape index (κ1) is 10.1. The monoisotopic (exact) mass is 189 g/mol. The molecular formula is C8H13F2N3. The molecule has 1 atom stereocenters. The van der Waals surface area contributed by atoms with Gasteiger partial charge >= 0.3 is 0 Å². The van der Waals surface area contributed by atoms with Gasteiger partial charge < -0.3 is 10.3 Å². The van der Waals surface area contributed by atoms with E-state index in [-0.39, 0.29) is 0 Å².